The second-order valence-corrected chi connectivity index (χ2v) is 12.6. The van der Waals surface area contributed by atoms with Crippen molar-refractivity contribution in [3.63, 3.8) is 0 Å². The minimum atomic E-state index is -0.582. The van der Waals surface area contributed by atoms with E-state index in [2.05, 4.69) is 40.7 Å². The van der Waals surface area contributed by atoms with E-state index in [1.807, 2.05) is 0 Å². The summed E-state index contributed by atoms with van der Waals surface area (Å²) in [5, 5.41) is 9.55. The highest BCUT2D eigenvalue weighted by atomic mass is 16.4. The minimum absolute atomic E-state index is 0.141. The number of fused-ring (bicyclic) bond motifs is 5. The van der Waals surface area contributed by atoms with Crippen molar-refractivity contribution in [2.24, 2.45) is 52.3 Å². The summed E-state index contributed by atoms with van der Waals surface area (Å²) in [5.74, 6) is 4.41. The van der Waals surface area contributed by atoms with Gasteiger partial charge in [0.2, 0.25) is 0 Å². The molecule has 2 heteroatoms. The van der Waals surface area contributed by atoms with Gasteiger partial charge in [-0.1, -0.05) is 65.5 Å². The molecule has 0 bridgehead atoms. The Morgan fingerprint density at radius 2 is 1.83 bits per heavy atom. The summed E-state index contributed by atoms with van der Waals surface area (Å²) in [6.07, 6.45) is 16.4. The van der Waals surface area contributed by atoms with E-state index < -0.39 is 5.97 Å². The normalized spacial score (nSPS) is 44.1. The lowest BCUT2D eigenvalue weighted by molar-refractivity contribution is -0.143. The van der Waals surface area contributed by atoms with E-state index in [9.17, 15) is 9.90 Å². The van der Waals surface area contributed by atoms with Gasteiger partial charge in [-0.25, -0.2) is 0 Å². The molecule has 4 aliphatic rings. The van der Waals surface area contributed by atoms with Crippen LogP contribution in [-0.4, -0.2) is 11.1 Å². The highest BCUT2D eigenvalue weighted by Crippen LogP contribution is 2.67. The van der Waals surface area contributed by atoms with Gasteiger partial charge in [0.05, 0.1) is 5.92 Å². The highest BCUT2D eigenvalue weighted by Gasteiger charge is 2.59. The first kappa shape index (κ1) is 22.4. The van der Waals surface area contributed by atoms with Gasteiger partial charge >= 0.3 is 5.97 Å². The molecule has 3 saturated carbocycles. The zero-order valence-corrected chi connectivity index (χ0v) is 20.3. The third-order valence-electron chi connectivity index (χ3n) is 10.7. The zero-order chi connectivity index (χ0) is 21.7. The van der Waals surface area contributed by atoms with Gasteiger partial charge in [-0.15, -0.1) is 0 Å². The van der Waals surface area contributed by atoms with Crippen molar-refractivity contribution in [1.82, 2.24) is 0 Å². The average Bonchev–Trinajstić information content (AvgIpc) is 3.04. The maximum atomic E-state index is 11.6. The van der Waals surface area contributed by atoms with E-state index in [0.29, 0.717) is 5.41 Å². The van der Waals surface area contributed by atoms with Gasteiger partial charge in [-0.2, -0.15) is 0 Å². The Bertz CT molecular complexity index is 678. The fraction of sp³-hybridized carbons (Fsp3) is 0.893. The first-order valence-electron chi connectivity index (χ1n) is 13.1. The molecule has 0 heterocycles. The number of carboxylic acids is 1. The van der Waals surface area contributed by atoms with Crippen LogP contribution in [0, 0.1) is 52.3 Å². The summed E-state index contributed by atoms with van der Waals surface area (Å²) >= 11 is 0. The standard InChI is InChI=1S/C28H46O2/c1-18(2)7-6-8-19(3)23-11-12-24-22-10-9-21-17-20(26(29)30)13-15-27(21,4)25(22)14-16-28(23,24)5/h9,18-20,22-25H,6-8,10-17H2,1-5H3,(H,29,30)/t19-,20+,22+,23-,24+,25+,27+,28-/m1/s1. The van der Waals surface area contributed by atoms with E-state index in [0.717, 1.165) is 54.8 Å². The lowest BCUT2D eigenvalue weighted by Crippen LogP contribution is -2.50. The van der Waals surface area contributed by atoms with E-state index in [1.54, 1.807) is 0 Å². The highest BCUT2D eigenvalue weighted by molar-refractivity contribution is 5.70. The van der Waals surface area contributed by atoms with E-state index >= 15 is 0 Å². The van der Waals surface area contributed by atoms with E-state index in [4.69, 9.17) is 0 Å². The number of rotatable bonds is 6. The first-order chi connectivity index (χ1) is 14.2. The van der Waals surface area contributed by atoms with E-state index in [-0.39, 0.29) is 11.3 Å². The van der Waals surface area contributed by atoms with Crippen molar-refractivity contribution in [2.45, 2.75) is 105 Å². The Balaban J connectivity index is 1.49. The summed E-state index contributed by atoms with van der Waals surface area (Å²) in [5.41, 5.74) is 2.32. The van der Waals surface area contributed by atoms with Gasteiger partial charge in [0, 0.05) is 0 Å². The van der Waals surface area contributed by atoms with Crippen molar-refractivity contribution in [2.75, 3.05) is 0 Å². The van der Waals surface area contributed by atoms with Crippen LogP contribution in [0.15, 0.2) is 11.6 Å². The fourth-order valence-electron chi connectivity index (χ4n) is 8.90. The maximum Gasteiger partial charge on any atom is 0.306 e. The van der Waals surface area contributed by atoms with Crippen molar-refractivity contribution in [1.29, 1.82) is 0 Å². The monoisotopic (exact) mass is 414 g/mol. The van der Waals surface area contributed by atoms with Crippen LogP contribution in [0.4, 0.5) is 0 Å². The maximum absolute atomic E-state index is 11.6. The van der Waals surface area contributed by atoms with Gasteiger partial charge in [0.15, 0.2) is 0 Å². The molecule has 4 aliphatic carbocycles. The molecular formula is C28H46O2. The van der Waals surface area contributed by atoms with Crippen LogP contribution in [0.25, 0.3) is 0 Å². The van der Waals surface area contributed by atoms with Crippen LogP contribution in [0.5, 0.6) is 0 Å². The summed E-state index contributed by atoms with van der Waals surface area (Å²) in [6.45, 7) is 12.4. The Kier molecular flexibility index (Phi) is 6.19. The molecular weight excluding hydrogens is 368 g/mol. The van der Waals surface area contributed by atoms with E-state index in [1.165, 1.54) is 56.9 Å². The van der Waals surface area contributed by atoms with Gasteiger partial charge in [-0.05, 0) is 97.7 Å². The predicted octanol–water partition coefficient (Wildman–Crippen LogP) is 7.73. The van der Waals surface area contributed by atoms with Crippen LogP contribution in [0.2, 0.25) is 0 Å². The predicted molar refractivity (Wildman–Crippen MR) is 124 cm³/mol. The van der Waals surface area contributed by atoms with Crippen LogP contribution in [-0.2, 0) is 4.79 Å². The Labute approximate surface area is 185 Å². The first-order valence-corrected chi connectivity index (χ1v) is 13.1. The molecule has 8 atom stereocenters. The second-order valence-electron chi connectivity index (χ2n) is 12.6. The van der Waals surface area contributed by atoms with Crippen molar-refractivity contribution < 1.29 is 9.90 Å². The van der Waals surface area contributed by atoms with Crippen LogP contribution < -0.4 is 0 Å². The molecule has 4 rings (SSSR count). The van der Waals surface area contributed by atoms with Crippen LogP contribution >= 0.6 is 0 Å². The molecule has 0 saturated heterocycles. The number of allylic oxidation sites excluding steroid dienone is 2. The molecule has 0 aromatic carbocycles. The number of carboxylic acid groups (broad SMARTS) is 1. The lowest BCUT2D eigenvalue weighted by atomic mass is 9.46. The van der Waals surface area contributed by atoms with Crippen molar-refractivity contribution >= 4 is 5.97 Å². The topological polar surface area (TPSA) is 37.3 Å². The molecule has 0 spiro atoms. The Hall–Kier alpha value is -0.790. The average molecular weight is 415 g/mol. The zero-order valence-electron chi connectivity index (χ0n) is 20.3. The number of carbonyl (C=O) groups is 1. The fourth-order valence-corrected chi connectivity index (χ4v) is 8.90. The third kappa shape index (κ3) is 3.69. The molecule has 3 fully saturated rings. The SMILES string of the molecule is CC(C)CCC[C@@H](C)[C@H]1CC[C@H]2[C@@H]3CC=C4C[C@@H](C(=O)O)CC[C@]4(C)[C@H]3CC[C@]12C. The Morgan fingerprint density at radius 3 is 2.53 bits per heavy atom. The number of hydrogen-bond donors (Lipinski definition) is 1. The van der Waals surface area contributed by atoms with Gasteiger partial charge in [0.1, 0.15) is 0 Å². The summed E-state index contributed by atoms with van der Waals surface area (Å²) in [6, 6.07) is 0. The molecule has 0 aromatic rings. The van der Waals surface area contributed by atoms with Crippen molar-refractivity contribution in [3.8, 4) is 0 Å². The van der Waals surface area contributed by atoms with Crippen molar-refractivity contribution in [3.05, 3.63) is 11.6 Å². The lowest BCUT2D eigenvalue weighted by Gasteiger charge is -2.58. The quantitative estimate of drug-likeness (QED) is 0.451. The summed E-state index contributed by atoms with van der Waals surface area (Å²) in [4.78, 5) is 11.6. The Morgan fingerprint density at radius 1 is 1.07 bits per heavy atom. The van der Waals surface area contributed by atoms with Gasteiger partial charge in [0.25, 0.3) is 0 Å². The molecule has 0 aliphatic heterocycles. The van der Waals surface area contributed by atoms with Crippen LogP contribution in [0.3, 0.4) is 0 Å². The summed E-state index contributed by atoms with van der Waals surface area (Å²) in [7, 11) is 0. The molecule has 0 radical (unpaired) electrons. The largest absolute Gasteiger partial charge is 0.481 e. The molecule has 0 unspecified atom stereocenters. The van der Waals surface area contributed by atoms with Crippen LogP contribution in [0.1, 0.15) is 105 Å². The number of aliphatic carboxylic acids is 1. The second kappa shape index (κ2) is 8.28. The molecule has 30 heavy (non-hydrogen) atoms. The smallest absolute Gasteiger partial charge is 0.306 e. The van der Waals surface area contributed by atoms with Gasteiger partial charge < -0.3 is 5.11 Å². The van der Waals surface area contributed by atoms with Gasteiger partial charge in [-0.3, -0.25) is 4.79 Å². The summed E-state index contributed by atoms with van der Waals surface area (Å²) < 4.78 is 0. The molecule has 0 aromatic heterocycles. The third-order valence-corrected chi connectivity index (χ3v) is 10.7. The molecule has 170 valence electrons. The number of hydrogen-bond acceptors (Lipinski definition) is 1. The molecule has 0 amide bonds. The molecule has 2 nitrogen and oxygen atoms in total. The molecule has 1 N–H and O–H groups in total. The minimum Gasteiger partial charge on any atom is -0.481 e.